The molecule has 0 fully saturated rings. The Labute approximate surface area is 134 Å². The summed E-state index contributed by atoms with van der Waals surface area (Å²) in [5, 5.41) is 2.63. The van der Waals surface area contributed by atoms with Crippen LogP contribution in [0.3, 0.4) is 0 Å². The van der Waals surface area contributed by atoms with Crippen LogP contribution in [0, 0.1) is 18.6 Å². The van der Waals surface area contributed by atoms with Gasteiger partial charge in [-0.2, -0.15) is 0 Å². The van der Waals surface area contributed by atoms with Crippen molar-refractivity contribution in [3.63, 3.8) is 0 Å². The van der Waals surface area contributed by atoms with Gasteiger partial charge in [0.25, 0.3) is 5.91 Å². The fourth-order valence-electron chi connectivity index (χ4n) is 2.45. The number of nitrogens with one attached hydrogen (secondary N) is 1. The number of aryl methyl sites for hydroxylation is 1. The number of carbonyl (C=O) groups is 1. The number of hydrogen-bond donors (Lipinski definition) is 1. The van der Waals surface area contributed by atoms with Crippen LogP contribution in [0.25, 0.3) is 0 Å². The van der Waals surface area contributed by atoms with Gasteiger partial charge in [-0.15, -0.1) is 0 Å². The Balaban J connectivity index is 1.97. The van der Waals surface area contributed by atoms with Gasteiger partial charge >= 0.3 is 0 Å². The molecule has 0 saturated heterocycles. The van der Waals surface area contributed by atoms with Crippen molar-refractivity contribution in [3.8, 4) is 0 Å². The molecule has 0 aliphatic carbocycles. The first-order valence-electron chi connectivity index (χ1n) is 7.57. The zero-order valence-corrected chi connectivity index (χ0v) is 13.3. The van der Waals surface area contributed by atoms with Crippen molar-refractivity contribution in [2.24, 2.45) is 0 Å². The molecule has 2 rings (SSSR count). The van der Waals surface area contributed by atoms with E-state index in [1.165, 1.54) is 12.1 Å². The zero-order chi connectivity index (χ0) is 16.8. The molecular formula is C18H20F2N2O. The smallest absolute Gasteiger partial charge is 0.254 e. The van der Waals surface area contributed by atoms with E-state index in [1.54, 1.807) is 0 Å². The van der Waals surface area contributed by atoms with E-state index in [0.717, 1.165) is 23.9 Å². The molecule has 2 aromatic rings. The molecule has 0 bridgehead atoms. The first kappa shape index (κ1) is 16.9. The second-order valence-corrected chi connectivity index (χ2v) is 5.22. The quantitative estimate of drug-likeness (QED) is 0.884. The normalized spacial score (nSPS) is 10.4. The van der Waals surface area contributed by atoms with Crippen LogP contribution in [0.2, 0.25) is 0 Å². The molecule has 3 nitrogen and oxygen atoms in total. The van der Waals surface area contributed by atoms with Crippen molar-refractivity contribution in [1.82, 2.24) is 5.32 Å². The highest BCUT2D eigenvalue weighted by atomic mass is 19.2. The van der Waals surface area contributed by atoms with E-state index in [4.69, 9.17) is 0 Å². The third-order valence-electron chi connectivity index (χ3n) is 3.70. The third-order valence-corrected chi connectivity index (χ3v) is 3.70. The predicted molar refractivity (Wildman–Crippen MR) is 87.8 cm³/mol. The standard InChI is InChI=1S/C18H20F2N2O/c1-3-22(16-10-5-4-7-13(16)2)12-11-21-18(23)14-8-6-9-15(19)17(14)20/h4-10H,3,11-12H2,1-2H3,(H,21,23). The number of para-hydroxylation sites is 1. The van der Waals surface area contributed by atoms with Crippen molar-refractivity contribution < 1.29 is 13.6 Å². The molecule has 1 N–H and O–H groups in total. The lowest BCUT2D eigenvalue weighted by atomic mass is 10.1. The summed E-state index contributed by atoms with van der Waals surface area (Å²) >= 11 is 0. The average molecular weight is 318 g/mol. The van der Waals surface area contributed by atoms with Gasteiger partial charge in [0.1, 0.15) is 0 Å². The number of hydrogen-bond acceptors (Lipinski definition) is 2. The summed E-state index contributed by atoms with van der Waals surface area (Å²) in [5.41, 5.74) is 1.97. The summed E-state index contributed by atoms with van der Waals surface area (Å²) in [7, 11) is 0. The van der Waals surface area contributed by atoms with E-state index in [-0.39, 0.29) is 5.56 Å². The minimum atomic E-state index is -1.11. The molecule has 2 aromatic carbocycles. The maximum atomic E-state index is 13.6. The first-order valence-corrected chi connectivity index (χ1v) is 7.57. The number of carbonyl (C=O) groups excluding carboxylic acids is 1. The maximum Gasteiger partial charge on any atom is 0.254 e. The largest absolute Gasteiger partial charge is 0.370 e. The molecule has 0 aliphatic rings. The lowest BCUT2D eigenvalue weighted by Crippen LogP contribution is -2.35. The number of nitrogens with zero attached hydrogens (tertiary/aromatic N) is 1. The van der Waals surface area contributed by atoms with Crippen LogP contribution in [0.4, 0.5) is 14.5 Å². The lowest BCUT2D eigenvalue weighted by Gasteiger charge is -2.25. The van der Waals surface area contributed by atoms with Crippen molar-refractivity contribution in [1.29, 1.82) is 0 Å². The molecule has 0 spiro atoms. The van der Waals surface area contributed by atoms with E-state index in [1.807, 2.05) is 38.1 Å². The molecule has 0 radical (unpaired) electrons. The van der Waals surface area contributed by atoms with Crippen LogP contribution in [-0.2, 0) is 0 Å². The molecule has 0 heterocycles. The van der Waals surface area contributed by atoms with Crippen molar-refractivity contribution in [2.45, 2.75) is 13.8 Å². The Hall–Kier alpha value is -2.43. The summed E-state index contributed by atoms with van der Waals surface area (Å²) in [6.07, 6.45) is 0. The summed E-state index contributed by atoms with van der Waals surface area (Å²) < 4.78 is 26.7. The van der Waals surface area contributed by atoms with Crippen molar-refractivity contribution in [2.75, 3.05) is 24.5 Å². The average Bonchev–Trinajstić information content (AvgIpc) is 2.55. The molecule has 0 aliphatic heterocycles. The van der Waals surface area contributed by atoms with E-state index in [9.17, 15) is 13.6 Å². The summed E-state index contributed by atoms with van der Waals surface area (Å²) in [4.78, 5) is 14.1. The highest BCUT2D eigenvalue weighted by molar-refractivity contribution is 5.94. The fraction of sp³-hybridized carbons (Fsp3) is 0.278. The number of benzene rings is 2. The van der Waals surface area contributed by atoms with Crippen LogP contribution >= 0.6 is 0 Å². The molecule has 122 valence electrons. The van der Waals surface area contributed by atoms with Crippen LogP contribution in [0.5, 0.6) is 0 Å². The Bertz CT molecular complexity index is 688. The Morgan fingerprint density at radius 2 is 1.87 bits per heavy atom. The number of halogens is 2. The third kappa shape index (κ3) is 4.06. The van der Waals surface area contributed by atoms with Gasteiger partial charge in [0.2, 0.25) is 0 Å². The highest BCUT2D eigenvalue weighted by Gasteiger charge is 2.15. The number of likely N-dealkylation sites (N-methyl/N-ethyl adjacent to an activating group) is 1. The predicted octanol–water partition coefficient (Wildman–Crippen LogP) is 3.53. The minimum absolute atomic E-state index is 0.274. The Kier molecular flexibility index (Phi) is 5.68. The van der Waals surface area contributed by atoms with Gasteiger partial charge in [-0.1, -0.05) is 24.3 Å². The maximum absolute atomic E-state index is 13.6. The van der Waals surface area contributed by atoms with Crippen LogP contribution < -0.4 is 10.2 Å². The van der Waals surface area contributed by atoms with Gasteiger partial charge in [-0.3, -0.25) is 4.79 Å². The van der Waals surface area contributed by atoms with E-state index >= 15 is 0 Å². The van der Waals surface area contributed by atoms with E-state index < -0.39 is 17.5 Å². The van der Waals surface area contributed by atoms with Crippen LogP contribution in [0.15, 0.2) is 42.5 Å². The fourth-order valence-corrected chi connectivity index (χ4v) is 2.45. The lowest BCUT2D eigenvalue weighted by molar-refractivity contribution is 0.0949. The number of anilines is 1. The van der Waals surface area contributed by atoms with E-state index in [2.05, 4.69) is 10.2 Å². The Morgan fingerprint density at radius 1 is 1.13 bits per heavy atom. The second kappa shape index (κ2) is 7.72. The monoisotopic (exact) mass is 318 g/mol. The van der Waals surface area contributed by atoms with Gasteiger partial charge in [-0.05, 0) is 37.6 Å². The topological polar surface area (TPSA) is 32.3 Å². The summed E-state index contributed by atoms with van der Waals surface area (Å²) in [5.74, 6) is -2.74. The van der Waals surface area contributed by atoms with Gasteiger partial charge in [0.05, 0.1) is 5.56 Å². The molecular weight excluding hydrogens is 298 g/mol. The molecule has 0 aromatic heterocycles. The highest BCUT2D eigenvalue weighted by Crippen LogP contribution is 2.18. The molecule has 0 unspecified atom stereocenters. The molecule has 0 saturated carbocycles. The van der Waals surface area contributed by atoms with Gasteiger partial charge in [0, 0.05) is 25.3 Å². The number of rotatable bonds is 6. The SMILES string of the molecule is CCN(CCNC(=O)c1cccc(F)c1F)c1ccccc1C. The van der Waals surface area contributed by atoms with Crippen molar-refractivity contribution >= 4 is 11.6 Å². The molecule has 23 heavy (non-hydrogen) atoms. The number of amides is 1. The molecule has 5 heteroatoms. The summed E-state index contributed by atoms with van der Waals surface area (Å²) in [6.45, 7) is 5.77. The van der Waals surface area contributed by atoms with Gasteiger partial charge in [-0.25, -0.2) is 8.78 Å². The minimum Gasteiger partial charge on any atom is -0.370 e. The summed E-state index contributed by atoms with van der Waals surface area (Å²) in [6, 6.07) is 11.6. The Morgan fingerprint density at radius 3 is 2.57 bits per heavy atom. The van der Waals surface area contributed by atoms with Crippen LogP contribution in [-0.4, -0.2) is 25.5 Å². The van der Waals surface area contributed by atoms with Crippen LogP contribution in [0.1, 0.15) is 22.8 Å². The van der Waals surface area contributed by atoms with Crippen molar-refractivity contribution in [3.05, 3.63) is 65.2 Å². The molecule has 1 amide bonds. The van der Waals surface area contributed by atoms with E-state index in [0.29, 0.717) is 13.1 Å². The second-order valence-electron chi connectivity index (χ2n) is 5.22. The molecule has 0 atom stereocenters. The van der Waals surface area contributed by atoms with Gasteiger partial charge < -0.3 is 10.2 Å². The zero-order valence-electron chi connectivity index (χ0n) is 13.3. The first-order chi connectivity index (χ1) is 11.0. The van der Waals surface area contributed by atoms with Gasteiger partial charge in [0.15, 0.2) is 11.6 Å².